The van der Waals surface area contributed by atoms with Crippen LogP contribution < -0.4 is 5.32 Å². The third kappa shape index (κ3) is 4.34. The molecule has 5 rings (SSSR count). The van der Waals surface area contributed by atoms with E-state index in [1.807, 2.05) is 31.2 Å². The highest BCUT2D eigenvalue weighted by Gasteiger charge is 2.54. The molecular weight excluding hydrogens is 360 g/mol. The smallest absolute Gasteiger partial charge is 0.226 e. The van der Waals surface area contributed by atoms with Crippen LogP contribution in [-0.2, 0) is 16.1 Å². The molecule has 2 amide bonds. The SMILES string of the molecule is C#CCN(Cc1ccc(C)cc1)C(=O)CCNC(=O)C12CC3CC(CC(C3)C1)C2. The molecule has 4 saturated carbocycles. The summed E-state index contributed by atoms with van der Waals surface area (Å²) in [6, 6.07) is 8.14. The van der Waals surface area contributed by atoms with Gasteiger partial charge in [0.1, 0.15) is 0 Å². The molecule has 4 aliphatic carbocycles. The van der Waals surface area contributed by atoms with Crippen LogP contribution in [0.2, 0.25) is 0 Å². The van der Waals surface area contributed by atoms with Crippen LogP contribution in [-0.4, -0.2) is 29.8 Å². The zero-order valence-corrected chi connectivity index (χ0v) is 17.5. The second-order valence-electron chi connectivity index (χ2n) is 9.64. The summed E-state index contributed by atoms with van der Waals surface area (Å²) in [5.74, 6) is 5.00. The molecule has 4 nitrogen and oxygen atoms in total. The molecule has 0 aromatic heterocycles. The van der Waals surface area contributed by atoms with E-state index in [-0.39, 0.29) is 23.8 Å². The minimum Gasteiger partial charge on any atom is -0.355 e. The fraction of sp³-hybridized carbons (Fsp3) is 0.600. The Hall–Kier alpha value is -2.28. The van der Waals surface area contributed by atoms with E-state index in [0.29, 0.717) is 19.5 Å². The van der Waals surface area contributed by atoms with Gasteiger partial charge in [-0.15, -0.1) is 6.42 Å². The summed E-state index contributed by atoms with van der Waals surface area (Å²) in [4.78, 5) is 27.4. The molecule has 0 heterocycles. The third-order valence-electron chi connectivity index (χ3n) is 7.27. The number of nitrogens with zero attached hydrogens (tertiary/aromatic N) is 1. The number of hydrogen-bond acceptors (Lipinski definition) is 2. The highest BCUT2D eigenvalue weighted by Crippen LogP contribution is 2.60. The van der Waals surface area contributed by atoms with Crippen molar-refractivity contribution in [1.29, 1.82) is 0 Å². The molecule has 4 aliphatic rings. The van der Waals surface area contributed by atoms with Crippen molar-refractivity contribution in [1.82, 2.24) is 10.2 Å². The maximum absolute atomic E-state index is 13.0. The zero-order chi connectivity index (χ0) is 20.4. The van der Waals surface area contributed by atoms with Crippen LogP contribution in [0.5, 0.6) is 0 Å². The number of hydrogen-bond donors (Lipinski definition) is 1. The first-order valence-corrected chi connectivity index (χ1v) is 11.0. The summed E-state index contributed by atoms with van der Waals surface area (Å²) in [6.45, 7) is 3.23. The van der Waals surface area contributed by atoms with Crippen LogP contribution in [0.1, 0.15) is 56.1 Å². The Balaban J connectivity index is 1.29. The largest absolute Gasteiger partial charge is 0.355 e. The van der Waals surface area contributed by atoms with E-state index in [2.05, 4.69) is 11.2 Å². The summed E-state index contributed by atoms with van der Waals surface area (Å²) >= 11 is 0. The van der Waals surface area contributed by atoms with Crippen LogP contribution in [0.25, 0.3) is 0 Å². The number of nitrogens with one attached hydrogen (secondary N) is 1. The molecule has 0 saturated heterocycles. The van der Waals surface area contributed by atoms with Gasteiger partial charge in [0.05, 0.1) is 6.54 Å². The van der Waals surface area contributed by atoms with Crippen LogP contribution in [0.15, 0.2) is 24.3 Å². The molecule has 0 spiro atoms. The van der Waals surface area contributed by atoms with Crippen LogP contribution in [0.4, 0.5) is 0 Å². The monoisotopic (exact) mass is 392 g/mol. The lowest BCUT2D eigenvalue weighted by molar-refractivity contribution is -0.146. The van der Waals surface area contributed by atoms with E-state index in [0.717, 1.165) is 42.6 Å². The topological polar surface area (TPSA) is 49.4 Å². The Bertz CT molecular complexity index is 770. The van der Waals surface area contributed by atoms with Crippen LogP contribution >= 0.6 is 0 Å². The van der Waals surface area contributed by atoms with Gasteiger partial charge in [-0.1, -0.05) is 35.7 Å². The Morgan fingerprint density at radius 2 is 1.69 bits per heavy atom. The highest BCUT2D eigenvalue weighted by atomic mass is 16.2. The van der Waals surface area contributed by atoms with Gasteiger partial charge in [-0.25, -0.2) is 0 Å². The summed E-state index contributed by atoms with van der Waals surface area (Å²) in [6.07, 6.45) is 12.9. The lowest BCUT2D eigenvalue weighted by Crippen LogP contribution is -2.53. The molecule has 1 aromatic carbocycles. The first kappa shape index (κ1) is 20.0. The van der Waals surface area contributed by atoms with Crippen molar-refractivity contribution in [3.05, 3.63) is 35.4 Å². The quantitative estimate of drug-likeness (QED) is 0.720. The van der Waals surface area contributed by atoms with Gasteiger partial charge in [-0.3, -0.25) is 9.59 Å². The molecular formula is C25H32N2O2. The fourth-order valence-corrected chi connectivity index (χ4v) is 6.27. The number of amides is 2. The lowest BCUT2D eigenvalue weighted by Gasteiger charge is -2.55. The van der Waals surface area contributed by atoms with Crippen molar-refractivity contribution >= 4 is 11.8 Å². The van der Waals surface area contributed by atoms with Crippen molar-refractivity contribution in [3.8, 4) is 12.3 Å². The van der Waals surface area contributed by atoms with E-state index in [9.17, 15) is 9.59 Å². The van der Waals surface area contributed by atoms with Crippen molar-refractivity contribution in [3.63, 3.8) is 0 Å². The fourth-order valence-electron chi connectivity index (χ4n) is 6.27. The van der Waals surface area contributed by atoms with Gasteiger partial charge in [-0.05, 0) is 68.8 Å². The number of aryl methyl sites for hydroxylation is 1. The first-order chi connectivity index (χ1) is 14.0. The lowest BCUT2D eigenvalue weighted by atomic mass is 9.49. The first-order valence-electron chi connectivity index (χ1n) is 11.0. The van der Waals surface area contributed by atoms with E-state index in [1.165, 1.54) is 24.8 Å². The molecule has 1 aromatic rings. The zero-order valence-electron chi connectivity index (χ0n) is 17.5. The number of rotatable bonds is 7. The van der Waals surface area contributed by atoms with Crippen molar-refractivity contribution in [2.45, 2.75) is 58.4 Å². The van der Waals surface area contributed by atoms with E-state index >= 15 is 0 Å². The van der Waals surface area contributed by atoms with E-state index in [1.54, 1.807) is 4.90 Å². The van der Waals surface area contributed by atoms with Crippen LogP contribution in [0, 0.1) is 42.4 Å². The van der Waals surface area contributed by atoms with Crippen molar-refractivity contribution < 1.29 is 9.59 Å². The van der Waals surface area contributed by atoms with Crippen molar-refractivity contribution in [2.75, 3.05) is 13.1 Å². The minimum absolute atomic E-state index is 0.00524. The standard InChI is InChI=1S/C25H32N2O2/c1-3-10-27(17-19-6-4-18(2)5-7-19)23(28)8-9-26-24(29)25-14-20-11-21(15-25)13-22(12-20)16-25/h1,4-7,20-22H,8-17H2,2H3,(H,26,29). The van der Waals surface area contributed by atoms with E-state index < -0.39 is 0 Å². The summed E-state index contributed by atoms with van der Waals surface area (Å²) in [5, 5.41) is 3.10. The van der Waals surface area contributed by atoms with Gasteiger partial charge >= 0.3 is 0 Å². The second-order valence-corrected chi connectivity index (χ2v) is 9.64. The molecule has 0 atom stereocenters. The Kier molecular flexibility index (Phi) is 5.67. The Morgan fingerprint density at radius 3 is 2.24 bits per heavy atom. The van der Waals surface area contributed by atoms with E-state index in [4.69, 9.17) is 6.42 Å². The van der Waals surface area contributed by atoms with Gasteiger partial charge in [0.2, 0.25) is 11.8 Å². The summed E-state index contributed by atoms with van der Waals surface area (Å²) < 4.78 is 0. The average molecular weight is 393 g/mol. The molecule has 0 aliphatic heterocycles. The molecule has 4 bridgehead atoms. The van der Waals surface area contributed by atoms with Gasteiger partial charge < -0.3 is 10.2 Å². The molecule has 29 heavy (non-hydrogen) atoms. The maximum Gasteiger partial charge on any atom is 0.226 e. The number of carbonyl (C=O) groups excluding carboxylic acids is 2. The maximum atomic E-state index is 13.0. The second kappa shape index (κ2) is 8.22. The highest BCUT2D eigenvalue weighted by molar-refractivity contribution is 5.84. The van der Waals surface area contributed by atoms with Gasteiger partial charge in [0.15, 0.2) is 0 Å². The van der Waals surface area contributed by atoms with Gasteiger partial charge in [-0.2, -0.15) is 0 Å². The number of terminal acetylenes is 1. The Labute approximate surface area is 174 Å². The molecule has 0 radical (unpaired) electrons. The minimum atomic E-state index is -0.155. The summed E-state index contributed by atoms with van der Waals surface area (Å²) in [7, 11) is 0. The normalized spacial score (nSPS) is 29.3. The molecule has 1 N–H and O–H groups in total. The molecule has 4 heteroatoms. The third-order valence-corrected chi connectivity index (χ3v) is 7.27. The van der Waals surface area contributed by atoms with Gasteiger partial charge in [0.25, 0.3) is 0 Å². The predicted molar refractivity (Wildman–Crippen MR) is 114 cm³/mol. The Morgan fingerprint density at radius 1 is 1.10 bits per heavy atom. The molecule has 4 fully saturated rings. The van der Waals surface area contributed by atoms with Gasteiger partial charge in [0, 0.05) is 24.9 Å². The molecule has 0 unspecified atom stereocenters. The van der Waals surface area contributed by atoms with Crippen LogP contribution in [0.3, 0.4) is 0 Å². The predicted octanol–water partition coefficient (Wildman–Crippen LogP) is 3.68. The average Bonchev–Trinajstić information content (AvgIpc) is 2.68. The van der Waals surface area contributed by atoms with Crippen molar-refractivity contribution in [2.24, 2.45) is 23.2 Å². The number of benzene rings is 1. The number of carbonyl (C=O) groups is 2. The molecule has 154 valence electrons. The summed E-state index contributed by atoms with van der Waals surface area (Å²) in [5.41, 5.74) is 2.10.